The van der Waals surface area contributed by atoms with E-state index in [1.165, 1.54) is 24.1 Å². The molecule has 0 spiro atoms. The maximum atomic E-state index is 12.9. The molecule has 1 aromatic heterocycles. The van der Waals surface area contributed by atoms with Gasteiger partial charge >= 0.3 is 0 Å². The Morgan fingerprint density at radius 1 is 1.17 bits per heavy atom. The molecular formula is C22H20N2O5. The summed E-state index contributed by atoms with van der Waals surface area (Å²) in [6.45, 7) is 0.404. The lowest BCUT2D eigenvalue weighted by molar-refractivity contribution is -0.140. The van der Waals surface area contributed by atoms with Crippen molar-refractivity contribution >= 4 is 28.4 Å². The second-order valence-corrected chi connectivity index (χ2v) is 6.83. The van der Waals surface area contributed by atoms with Gasteiger partial charge in [-0.25, -0.2) is 0 Å². The van der Waals surface area contributed by atoms with Crippen LogP contribution in [0.25, 0.3) is 16.7 Å². The minimum atomic E-state index is -0.828. The first kappa shape index (κ1) is 18.8. The third kappa shape index (κ3) is 3.15. The maximum Gasteiger partial charge on any atom is 0.295 e. The molecular weight excluding hydrogens is 372 g/mol. The highest BCUT2D eigenvalue weighted by molar-refractivity contribution is 6.46. The lowest BCUT2D eigenvalue weighted by Crippen LogP contribution is -2.32. The van der Waals surface area contributed by atoms with Gasteiger partial charge in [0.2, 0.25) is 0 Å². The Labute approximate surface area is 166 Å². The number of benzene rings is 2. The van der Waals surface area contributed by atoms with E-state index in [9.17, 15) is 19.8 Å². The predicted molar refractivity (Wildman–Crippen MR) is 107 cm³/mol. The van der Waals surface area contributed by atoms with Crippen LogP contribution in [0.5, 0.6) is 5.75 Å². The van der Waals surface area contributed by atoms with Crippen LogP contribution in [0, 0.1) is 0 Å². The van der Waals surface area contributed by atoms with Crippen molar-refractivity contribution in [3.8, 4) is 5.75 Å². The van der Waals surface area contributed by atoms with E-state index in [2.05, 4.69) is 4.98 Å². The summed E-state index contributed by atoms with van der Waals surface area (Å²) in [6.07, 6.45) is 1.61. The van der Waals surface area contributed by atoms with Crippen LogP contribution in [0.15, 0.2) is 60.3 Å². The van der Waals surface area contributed by atoms with Crippen molar-refractivity contribution in [1.29, 1.82) is 0 Å². The predicted octanol–water partition coefficient (Wildman–Crippen LogP) is 2.94. The Balaban J connectivity index is 1.92. The number of likely N-dealkylation sites (tertiary alicyclic amines) is 1. The normalized spacial score (nSPS) is 18.7. The van der Waals surface area contributed by atoms with E-state index in [-0.39, 0.29) is 30.2 Å². The van der Waals surface area contributed by atoms with Gasteiger partial charge in [-0.15, -0.1) is 0 Å². The van der Waals surface area contributed by atoms with Crippen LogP contribution in [0.3, 0.4) is 0 Å². The first-order chi connectivity index (χ1) is 14.0. The molecule has 3 aromatic rings. The number of ketones is 1. The smallest absolute Gasteiger partial charge is 0.295 e. The summed E-state index contributed by atoms with van der Waals surface area (Å²) < 4.78 is 5.08. The number of rotatable bonds is 5. The van der Waals surface area contributed by atoms with E-state index < -0.39 is 17.7 Å². The van der Waals surface area contributed by atoms with Crippen molar-refractivity contribution in [2.45, 2.75) is 6.04 Å². The van der Waals surface area contributed by atoms with Crippen molar-refractivity contribution in [2.75, 3.05) is 20.3 Å². The molecule has 1 aliphatic heterocycles. The fraction of sp³-hybridized carbons (Fsp3) is 0.182. The number of hydrogen-bond donors (Lipinski definition) is 3. The number of H-pyrrole nitrogens is 1. The number of aromatic hydroxyl groups is 1. The first-order valence-corrected chi connectivity index (χ1v) is 9.15. The number of nitrogens with one attached hydrogen (secondary N) is 1. The zero-order valence-electron chi connectivity index (χ0n) is 15.8. The molecule has 29 heavy (non-hydrogen) atoms. The zero-order valence-corrected chi connectivity index (χ0v) is 15.8. The largest absolute Gasteiger partial charge is 0.508 e. The van der Waals surface area contributed by atoms with Crippen molar-refractivity contribution in [3.63, 3.8) is 0 Å². The van der Waals surface area contributed by atoms with Crippen LogP contribution in [-0.4, -0.2) is 52.0 Å². The Morgan fingerprint density at radius 3 is 2.72 bits per heavy atom. The number of phenolic OH excluding ortho intramolecular Hbond substituents is 1. The number of Topliss-reactive ketones (excluding diaryl/α,β-unsaturated/α-hetero) is 1. The van der Waals surface area contributed by atoms with E-state index in [1.807, 2.05) is 24.3 Å². The minimum absolute atomic E-state index is 0.00641. The third-order valence-electron chi connectivity index (χ3n) is 5.11. The summed E-state index contributed by atoms with van der Waals surface area (Å²) in [7, 11) is 1.51. The van der Waals surface area contributed by atoms with Crippen molar-refractivity contribution in [3.05, 3.63) is 71.4 Å². The Kier molecular flexibility index (Phi) is 4.82. The first-order valence-electron chi connectivity index (χ1n) is 9.15. The summed E-state index contributed by atoms with van der Waals surface area (Å²) in [6, 6.07) is 12.9. The SMILES string of the molecule is COCCN1C(=O)C(=O)/C(=C(\O)c2c[nH]c3ccccc23)C1c1cccc(O)c1. The summed E-state index contributed by atoms with van der Waals surface area (Å²) in [5.74, 6) is -1.73. The number of aliphatic hydroxyl groups excluding tert-OH is 1. The maximum absolute atomic E-state index is 12.9. The number of aromatic nitrogens is 1. The van der Waals surface area contributed by atoms with Crippen LogP contribution in [0.1, 0.15) is 17.2 Å². The van der Waals surface area contributed by atoms with Gasteiger partial charge in [0.1, 0.15) is 11.5 Å². The summed E-state index contributed by atoms with van der Waals surface area (Å²) in [5.41, 5.74) is 1.76. The number of aromatic amines is 1. The third-order valence-corrected chi connectivity index (χ3v) is 5.11. The fourth-order valence-electron chi connectivity index (χ4n) is 3.75. The average molecular weight is 392 g/mol. The zero-order chi connectivity index (χ0) is 20.5. The molecule has 7 nitrogen and oxygen atoms in total. The second kappa shape index (κ2) is 7.44. The topological polar surface area (TPSA) is 103 Å². The lowest BCUT2D eigenvalue weighted by Gasteiger charge is -2.25. The average Bonchev–Trinajstić information content (AvgIpc) is 3.26. The molecule has 0 radical (unpaired) electrons. The standard InChI is InChI=1S/C22H20N2O5/c1-29-10-9-24-19(13-5-4-6-14(25)11-13)18(21(27)22(24)28)20(26)16-12-23-17-8-3-2-7-15(16)17/h2-8,11-12,19,23,25-26H,9-10H2,1H3/b20-18-. The molecule has 2 aromatic carbocycles. The Bertz CT molecular complexity index is 1130. The van der Waals surface area contributed by atoms with Gasteiger partial charge in [0.05, 0.1) is 18.2 Å². The Morgan fingerprint density at radius 2 is 1.97 bits per heavy atom. The van der Waals surface area contributed by atoms with Gasteiger partial charge < -0.3 is 24.8 Å². The highest BCUT2D eigenvalue weighted by atomic mass is 16.5. The van der Waals surface area contributed by atoms with E-state index >= 15 is 0 Å². The molecule has 7 heteroatoms. The van der Waals surface area contributed by atoms with E-state index in [0.29, 0.717) is 11.1 Å². The summed E-state index contributed by atoms with van der Waals surface area (Å²) in [4.78, 5) is 30.1. The number of amides is 1. The summed E-state index contributed by atoms with van der Waals surface area (Å²) >= 11 is 0. The van der Waals surface area contributed by atoms with Gasteiger partial charge in [0.25, 0.3) is 11.7 Å². The van der Waals surface area contributed by atoms with Gasteiger partial charge in [-0.2, -0.15) is 0 Å². The highest BCUT2D eigenvalue weighted by Gasteiger charge is 2.46. The molecule has 1 saturated heterocycles. The van der Waals surface area contributed by atoms with Gasteiger partial charge in [-0.1, -0.05) is 30.3 Å². The fourth-order valence-corrected chi connectivity index (χ4v) is 3.75. The van der Waals surface area contributed by atoms with Crippen LogP contribution in [-0.2, 0) is 14.3 Å². The van der Waals surface area contributed by atoms with Crippen molar-refractivity contribution in [1.82, 2.24) is 9.88 Å². The molecule has 1 atom stereocenters. The Hall–Kier alpha value is -3.58. The van der Waals surface area contributed by atoms with Gasteiger partial charge in [-0.05, 0) is 23.8 Å². The number of methoxy groups -OCH3 is 1. The molecule has 0 aliphatic carbocycles. The number of carbonyl (C=O) groups excluding carboxylic acids is 2. The highest BCUT2D eigenvalue weighted by Crippen LogP contribution is 2.40. The molecule has 1 unspecified atom stereocenters. The van der Waals surface area contributed by atoms with Gasteiger partial charge in [-0.3, -0.25) is 9.59 Å². The number of hydrogen-bond acceptors (Lipinski definition) is 5. The molecule has 4 rings (SSSR count). The number of para-hydroxylation sites is 1. The van der Waals surface area contributed by atoms with Crippen LogP contribution >= 0.6 is 0 Å². The van der Waals surface area contributed by atoms with E-state index in [0.717, 1.165) is 10.9 Å². The quantitative estimate of drug-likeness (QED) is 0.352. The van der Waals surface area contributed by atoms with E-state index in [4.69, 9.17) is 4.74 Å². The number of fused-ring (bicyclic) bond motifs is 1. The molecule has 0 bridgehead atoms. The van der Waals surface area contributed by atoms with Crippen molar-refractivity contribution in [2.24, 2.45) is 0 Å². The molecule has 1 fully saturated rings. The van der Waals surface area contributed by atoms with Gasteiger partial charge in [0, 0.05) is 36.3 Å². The summed E-state index contributed by atoms with van der Waals surface area (Å²) in [5, 5.41) is 21.8. The monoisotopic (exact) mass is 392 g/mol. The molecule has 148 valence electrons. The number of carbonyl (C=O) groups is 2. The van der Waals surface area contributed by atoms with Crippen LogP contribution in [0.4, 0.5) is 0 Å². The van der Waals surface area contributed by atoms with E-state index in [1.54, 1.807) is 18.3 Å². The molecule has 0 saturated carbocycles. The molecule has 1 amide bonds. The molecule has 2 heterocycles. The minimum Gasteiger partial charge on any atom is -0.508 e. The number of aliphatic hydroxyl groups is 1. The molecule has 1 aliphatic rings. The molecule has 3 N–H and O–H groups in total. The number of nitrogens with zero attached hydrogens (tertiary/aromatic N) is 1. The van der Waals surface area contributed by atoms with Crippen LogP contribution < -0.4 is 0 Å². The lowest BCUT2D eigenvalue weighted by atomic mass is 9.95. The second-order valence-electron chi connectivity index (χ2n) is 6.83. The number of ether oxygens (including phenoxy) is 1. The number of phenols is 1. The van der Waals surface area contributed by atoms with Gasteiger partial charge in [0.15, 0.2) is 0 Å². The van der Waals surface area contributed by atoms with Crippen LogP contribution in [0.2, 0.25) is 0 Å². The van der Waals surface area contributed by atoms with Crippen molar-refractivity contribution < 1.29 is 24.5 Å².